The zero-order valence-electron chi connectivity index (χ0n) is 35.1. The number of hydrogen-bond donors (Lipinski definition) is 0. The van der Waals surface area contributed by atoms with Crippen LogP contribution in [0.4, 0.5) is 0 Å². The predicted octanol–water partition coefficient (Wildman–Crippen LogP) is 12.6. The van der Waals surface area contributed by atoms with Crippen molar-refractivity contribution in [2.45, 2.75) is 0 Å². The van der Waals surface area contributed by atoms with Gasteiger partial charge in [0.15, 0.2) is 0 Å². The lowest BCUT2D eigenvalue weighted by Crippen LogP contribution is -1.99. The SMILES string of the molecule is [2H]c1c([2H])c([2H])c2c(c1[2H])c1ccccc1n2-c1cccc(-c2ccccc2-n2c3ccccc3c3cc(-n4c5ccccc5c5c([2H])c([2H])c([2H])c([2H])c54)ccc32)c1. The highest BCUT2D eigenvalue weighted by atomic mass is 15.0. The molecule has 238 valence electrons. The third kappa shape index (κ3) is 4.06. The molecule has 11 rings (SSSR count). The van der Waals surface area contributed by atoms with E-state index in [1.165, 1.54) is 0 Å². The molecular formula is C48H31N3. The van der Waals surface area contributed by atoms with Crippen molar-refractivity contribution in [3.8, 4) is 28.2 Å². The van der Waals surface area contributed by atoms with Crippen LogP contribution in [0.2, 0.25) is 0 Å². The number of para-hydroxylation sites is 6. The van der Waals surface area contributed by atoms with Crippen molar-refractivity contribution in [2.24, 2.45) is 0 Å². The van der Waals surface area contributed by atoms with Crippen molar-refractivity contribution in [1.82, 2.24) is 13.7 Å². The number of benzene rings is 8. The molecule has 0 atom stereocenters. The zero-order chi connectivity index (χ0) is 40.4. The number of rotatable bonds is 4. The van der Waals surface area contributed by atoms with Crippen LogP contribution in [-0.4, -0.2) is 13.7 Å². The van der Waals surface area contributed by atoms with Gasteiger partial charge in [-0.05, 0) is 72.2 Å². The first-order valence-corrected chi connectivity index (χ1v) is 16.9. The fourth-order valence-corrected chi connectivity index (χ4v) is 7.96. The third-order valence-electron chi connectivity index (χ3n) is 10.1. The summed E-state index contributed by atoms with van der Waals surface area (Å²) in [5.41, 5.74) is 8.77. The van der Waals surface area contributed by atoms with Crippen LogP contribution >= 0.6 is 0 Å². The molecule has 3 heterocycles. The molecule has 11 aromatic rings. The Hall–Kier alpha value is -6.84. The summed E-state index contributed by atoms with van der Waals surface area (Å²) in [4.78, 5) is 0. The fraction of sp³-hybridized carbons (Fsp3) is 0. The molecular weight excluding hydrogens is 619 g/mol. The van der Waals surface area contributed by atoms with Crippen molar-refractivity contribution in [2.75, 3.05) is 0 Å². The van der Waals surface area contributed by atoms with Crippen LogP contribution in [0.1, 0.15) is 11.0 Å². The Kier molecular flexibility index (Phi) is 4.52. The highest BCUT2D eigenvalue weighted by Crippen LogP contribution is 2.40. The molecule has 3 heteroatoms. The van der Waals surface area contributed by atoms with Crippen molar-refractivity contribution in [1.29, 1.82) is 0 Å². The maximum absolute atomic E-state index is 8.99. The normalized spacial score (nSPS) is 14.1. The molecule has 0 aliphatic heterocycles. The van der Waals surface area contributed by atoms with E-state index in [9.17, 15) is 0 Å². The smallest absolute Gasteiger partial charge is 0.0645 e. The van der Waals surface area contributed by atoms with Gasteiger partial charge in [0.2, 0.25) is 0 Å². The quantitative estimate of drug-likeness (QED) is 0.179. The van der Waals surface area contributed by atoms with E-state index < -0.39 is 0 Å². The van der Waals surface area contributed by atoms with Crippen molar-refractivity contribution >= 4 is 65.4 Å². The molecule has 0 aliphatic rings. The second-order valence-corrected chi connectivity index (χ2v) is 12.8. The first-order valence-electron chi connectivity index (χ1n) is 20.9. The molecule has 0 fully saturated rings. The van der Waals surface area contributed by atoms with E-state index in [0.29, 0.717) is 21.8 Å². The Balaban J connectivity index is 1.14. The molecule has 0 spiro atoms. The maximum Gasteiger partial charge on any atom is 0.0645 e. The van der Waals surface area contributed by atoms with Crippen LogP contribution in [-0.2, 0) is 0 Å². The Bertz CT molecular complexity index is 3620. The minimum absolute atomic E-state index is 0.0585. The zero-order valence-corrected chi connectivity index (χ0v) is 27.1. The molecule has 0 saturated heterocycles. The topological polar surface area (TPSA) is 14.8 Å². The summed E-state index contributed by atoms with van der Waals surface area (Å²) >= 11 is 0. The van der Waals surface area contributed by atoms with Crippen molar-refractivity contribution < 1.29 is 11.0 Å². The molecule has 0 radical (unpaired) electrons. The van der Waals surface area contributed by atoms with Gasteiger partial charge in [0.1, 0.15) is 0 Å². The third-order valence-corrected chi connectivity index (χ3v) is 10.1. The van der Waals surface area contributed by atoms with Crippen LogP contribution in [0.5, 0.6) is 0 Å². The molecule has 3 nitrogen and oxygen atoms in total. The van der Waals surface area contributed by atoms with Crippen LogP contribution in [0.15, 0.2) is 188 Å². The van der Waals surface area contributed by atoms with E-state index in [4.69, 9.17) is 11.0 Å². The molecule has 3 aromatic heterocycles. The Labute approximate surface area is 305 Å². The first-order chi connectivity index (χ1) is 28.7. The van der Waals surface area contributed by atoms with E-state index in [2.05, 4.69) is 53.1 Å². The van der Waals surface area contributed by atoms with Gasteiger partial charge in [-0.15, -0.1) is 0 Å². The van der Waals surface area contributed by atoms with Gasteiger partial charge in [0, 0.05) is 49.3 Å². The van der Waals surface area contributed by atoms with E-state index in [1.807, 2.05) is 100 Å². The molecule has 0 aliphatic carbocycles. The maximum atomic E-state index is 8.99. The van der Waals surface area contributed by atoms with Gasteiger partial charge in [-0.3, -0.25) is 0 Å². The largest absolute Gasteiger partial charge is 0.309 e. The van der Waals surface area contributed by atoms with Gasteiger partial charge in [0.25, 0.3) is 0 Å². The van der Waals surface area contributed by atoms with Crippen molar-refractivity contribution in [3.05, 3.63) is 188 Å². The monoisotopic (exact) mass is 657 g/mol. The van der Waals surface area contributed by atoms with E-state index in [0.717, 1.165) is 71.8 Å². The Morgan fingerprint density at radius 1 is 0.333 bits per heavy atom. The van der Waals surface area contributed by atoms with Gasteiger partial charge in [0.05, 0.1) is 49.8 Å². The van der Waals surface area contributed by atoms with Crippen LogP contribution in [0.25, 0.3) is 93.6 Å². The van der Waals surface area contributed by atoms with E-state index in [-0.39, 0.29) is 48.3 Å². The summed E-state index contributed by atoms with van der Waals surface area (Å²) < 4.78 is 75.7. The highest BCUT2D eigenvalue weighted by Gasteiger charge is 2.19. The Morgan fingerprint density at radius 2 is 0.843 bits per heavy atom. The van der Waals surface area contributed by atoms with Gasteiger partial charge < -0.3 is 13.7 Å². The second kappa shape index (κ2) is 10.8. The van der Waals surface area contributed by atoms with Gasteiger partial charge >= 0.3 is 0 Å². The molecule has 51 heavy (non-hydrogen) atoms. The number of fused-ring (bicyclic) bond motifs is 9. The van der Waals surface area contributed by atoms with Crippen LogP contribution in [0.3, 0.4) is 0 Å². The standard InChI is InChI=1S/C48H31N3/c1-7-22-42(35(16-1)32-14-13-15-33(30-32)49-43-23-8-2-17-36(43)37-18-3-9-24-44(37)49)51-47-27-12-6-21-40(47)41-31-34(28-29-48(41)51)50-45-25-10-4-19-38(45)39-20-5-11-26-46(39)50/h1-31H/i2D,4D,8D,10D,17D,19D,23D,25D. The summed E-state index contributed by atoms with van der Waals surface area (Å²) in [5.74, 6) is 0. The highest BCUT2D eigenvalue weighted by molar-refractivity contribution is 6.13. The molecule has 8 aromatic carbocycles. The van der Waals surface area contributed by atoms with Gasteiger partial charge in [-0.1, -0.05) is 121 Å². The summed E-state index contributed by atoms with van der Waals surface area (Å²) in [6.45, 7) is 0. The first kappa shape index (κ1) is 21.3. The molecule has 0 amide bonds. The molecule has 0 bridgehead atoms. The summed E-state index contributed by atoms with van der Waals surface area (Å²) in [6, 6.07) is 44.7. The second-order valence-electron chi connectivity index (χ2n) is 12.8. The minimum atomic E-state index is -0.273. The lowest BCUT2D eigenvalue weighted by Gasteiger charge is -2.16. The van der Waals surface area contributed by atoms with Crippen LogP contribution in [0, 0.1) is 0 Å². The lowest BCUT2D eigenvalue weighted by atomic mass is 10.0. The van der Waals surface area contributed by atoms with Gasteiger partial charge in [-0.25, -0.2) is 0 Å². The summed E-state index contributed by atoms with van der Waals surface area (Å²) in [5, 5.41) is 4.50. The molecule has 0 unspecified atom stereocenters. The van der Waals surface area contributed by atoms with Gasteiger partial charge in [-0.2, -0.15) is 0 Å². The minimum Gasteiger partial charge on any atom is -0.309 e. The van der Waals surface area contributed by atoms with E-state index in [1.54, 1.807) is 0 Å². The number of nitrogens with zero attached hydrogens (tertiary/aromatic N) is 3. The lowest BCUT2D eigenvalue weighted by molar-refractivity contribution is 1.16. The average Bonchev–Trinajstić information content (AvgIpc) is 3.92. The number of aromatic nitrogens is 3. The number of hydrogen-bond acceptors (Lipinski definition) is 0. The van der Waals surface area contributed by atoms with E-state index >= 15 is 0 Å². The summed E-state index contributed by atoms with van der Waals surface area (Å²) in [6.07, 6.45) is 0. The predicted molar refractivity (Wildman–Crippen MR) is 215 cm³/mol. The fourth-order valence-electron chi connectivity index (χ4n) is 7.96. The van der Waals surface area contributed by atoms with Crippen LogP contribution < -0.4 is 0 Å². The average molecular weight is 658 g/mol. The summed E-state index contributed by atoms with van der Waals surface area (Å²) in [7, 11) is 0. The molecule has 0 N–H and O–H groups in total. The molecule has 0 saturated carbocycles. The Morgan fingerprint density at radius 3 is 1.51 bits per heavy atom. The van der Waals surface area contributed by atoms with Crippen molar-refractivity contribution in [3.63, 3.8) is 0 Å².